The molecule has 1 N–H and O–H groups in total. The van der Waals surface area contributed by atoms with Crippen molar-refractivity contribution >= 4 is 23.0 Å². The molecule has 0 bridgehead atoms. The molecule has 0 aliphatic carbocycles. The molecule has 1 amide bonds. The number of amides is 1. The van der Waals surface area contributed by atoms with Crippen molar-refractivity contribution in [3.05, 3.63) is 92.7 Å². The lowest BCUT2D eigenvalue weighted by molar-refractivity contribution is -0.143. The largest absolute Gasteiger partial charge is 0.416 e. The number of carbonyl (C=O) groups excluding carboxylic acids is 2. The summed E-state index contributed by atoms with van der Waals surface area (Å²) in [5, 5.41) is 2.29. The zero-order valence-corrected chi connectivity index (χ0v) is 16.3. The van der Waals surface area contributed by atoms with Crippen molar-refractivity contribution in [1.82, 2.24) is 5.32 Å². The molecule has 2 aromatic carbocycles. The van der Waals surface area contributed by atoms with E-state index in [-0.39, 0.29) is 18.4 Å². The van der Waals surface area contributed by atoms with Crippen molar-refractivity contribution < 1.29 is 35.9 Å². The fourth-order valence-corrected chi connectivity index (χ4v) is 3.59. The summed E-state index contributed by atoms with van der Waals surface area (Å²) >= 11 is 1.06. The predicted octanol–water partition coefficient (Wildman–Crippen LogP) is 5.95. The van der Waals surface area contributed by atoms with Crippen molar-refractivity contribution in [1.29, 1.82) is 0 Å². The third kappa shape index (κ3) is 5.52. The van der Waals surface area contributed by atoms with Crippen LogP contribution in [-0.4, -0.2) is 11.7 Å². The summed E-state index contributed by atoms with van der Waals surface area (Å²) in [6.45, 7) is -0.164. The first kappa shape index (κ1) is 22.5. The third-order valence-corrected chi connectivity index (χ3v) is 5.28. The molecule has 31 heavy (non-hydrogen) atoms. The van der Waals surface area contributed by atoms with E-state index in [0.29, 0.717) is 27.5 Å². The first-order chi connectivity index (χ1) is 14.4. The number of hydrogen-bond acceptors (Lipinski definition) is 3. The van der Waals surface area contributed by atoms with Crippen LogP contribution in [0.5, 0.6) is 0 Å². The van der Waals surface area contributed by atoms with Crippen molar-refractivity contribution in [2.75, 3.05) is 0 Å². The van der Waals surface area contributed by atoms with Crippen LogP contribution in [0.3, 0.4) is 0 Å². The Morgan fingerprint density at radius 3 is 1.90 bits per heavy atom. The Labute approximate surface area is 176 Å². The summed E-state index contributed by atoms with van der Waals surface area (Å²) in [4.78, 5) is 25.5. The quantitative estimate of drug-likeness (QED) is 0.380. The zero-order valence-electron chi connectivity index (χ0n) is 15.5. The number of carbonyl (C=O) groups is 2. The summed E-state index contributed by atoms with van der Waals surface area (Å²) in [6.07, 6.45) is -10.1. The van der Waals surface area contributed by atoms with Gasteiger partial charge in [0.05, 0.1) is 22.5 Å². The van der Waals surface area contributed by atoms with Gasteiger partial charge in [0, 0.05) is 16.0 Å². The van der Waals surface area contributed by atoms with Crippen LogP contribution in [0.2, 0.25) is 0 Å². The Morgan fingerprint density at radius 1 is 0.774 bits per heavy atom. The van der Waals surface area contributed by atoms with Gasteiger partial charge in [-0.05, 0) is 30.3 Å². The number of hydrogen-bond donors (Lipinski definition) is 1. The molecule has 0 saturated heterocycles. The molecule has 3 rings (SSSR count). The Hall–Kier alpha value is -3.14. The molecule has 162 valence electrons. The molecule has 0 spiro atoms. The lowest BCUT2D eigenvalue weighted by Gasteiger charge is -2.14. The number of ketones is 1. The van der Waals surface area contributed by atoms with E-state index in [0.717, 1.165) is 11.3 Å². The van der Waals surface area contributed by atoms with Gasteiger partial charge in [-0.15, -0.1) is 11.3 Å². The second kappa shape index (κ2) is 8.54. The lowest BCUT2D eigenvalue weighted by Crippen LogP contribution is -2.24. The Kier molecular flexibility index (Phi) is 6.21. The average molecular weight is 457 g/mol. The summed E-state index contributed by atoms with van der Waals surface area (Å²) in [5.74, 6) is -1.34. The molecule has 1 heterocycles. The number of benzene rings is 2. The van der Waals surface area contributed by atoms with Gasteiger partial charge < -0.3 is 5.32 Å². The first-order valence-corrected chi connectivity index (χ1v) is 9.53. The highest BCUT2D eigenvalue weighted by molar-refractivity contribution is 7.14. The number of alkyl halides is 6. The van der Waals surface area contributed by atoms with E-state index in [1.165, 1.54) is 6.07 Å². The van der Waals surface area contributed by atoms with Crippen molar-refractivity contribution in [3.8, 4) is 0 Å². The van der Waals surface area contributed by atoms with Crippen LogP contribution >= 0.6 is 11.3 Å². The molecule has 0 radical (unpaired) electrons. The summed E-state index contributed by atoms with van der Waals surface area (Å²) in [7, 11) is 0. The van der Waals surface area contributed by atoms with Gasteiger partial charge in [-0.1, -0.05) is 30.3 Å². The maximum Gasteiger partial charge on any atom is 0.416 e. The van der Waals surface area contributed by atoms with Gasteiger partial charge in [0.1, 0.15) is 0 Å². The molecule has 3 nitrogen and oxygen atoms in total. The number of nitrogens with one attached hydrogen (secondary N) is 1. The van der Waals surface area contributed by atoms with Crippen LogP contribution in [0, 0.1) is 0 Å². The number of rotatable bonds is 5. The van der Waals surface area contributed by atoms with Gasteiger partial charge in [-0.3, -0.25) is 9.59 Å². The van der Waals surface area contributed by atoms with Gasteiger partial charge in [-0.25, -0.2) is 0 Å². The monoisotopic (exact) mass is 457 g/mol. The van der Waals surface area contributed by atoms with Crippen LogP contribution < -0.4 is 5.32 Å². The van der Waals surface area contributed by atoms with E-state index in [2.05, 4.69) is 5.32 Å². The fraction of sp³-hybridized carbons (Fsp3) is 0.143. The Bertz CT molecular complexity index is 1070. The van der Waals surface area contributed by atoms with E-state index in [4.69, 9.17) is 0 Å². The average Bonchev–Trinajstić information content (AvgIpc) is 3.19. The molecule has 1 aromatic heterocycles. The lowest BCUT2D eigenvalue weighted by atomic mass is 10.0. The minimum atomic E-state index is -5.04. The minimum absolute atomic E-state index is 0.0441. The standard InChI is InChI=1S/C21H13F6NO2S/c22-20(23,24)14-8-13(9-15(10-14)21(25,26)27)19(30)28-11-16-6-7-17(31-16)18(29)12-4-2-1-3-5-12/h1-10H,11H2,(H,28,30). The maximum absolute atomic E-state index is 12.9. The maximum atomic E-state index is 12.9. The molecular weight excluding hydrogens is 444 g/mol. The summed E-state index contributed by atoms with van der Waals surface area (Å²) in [6, 6.07) is 12.2. The van der Waals surface area contributed by atoms with E-state index in [9.17, 15) is 35.9 Å². The van der Waals surface area contributed by atoms with Crippen molar-refractivity contribution in [2.45, 2.75) is 18.9 Å². The van der Waals surface area contributed by atoms with Gasteiger partial charge in [0.15, 0.2) is 0 Å². The molecule has 0 fully saturated rings. The smallest absolute Gasteiger partial charge is 0.347 e. The third-order valence-electron chi connectivity index (χ3n) is 4.19. The SMILES string of the molecule is O=C(NCc1ccc(C(=O)c2ccccc2)s1)c1cc(C(F)(F)F)cc(C(F)(F)F)c1. The van der Waals surface area contributed by atoms with Crippen LogP contribution in [-0.2, 0) is 18.9 Å². The van der Waals surface area contributed by atoms with Crippen molar-refractivity contribution in [3.63, 3.8) is 0 Å². The van der Waals surface area contributed by atoms with Crippen LogP contribution in [0.15, 0.2) is 60.7 Å². The normalized spacial score (nSPS) is 11.9. The van der Waals surface area contributed by atoms with Gasteiger partial charge in [0.25, 0.3) is 5.91 Å². The minimum Gasteiger partial charge on any atom is -0.347 e. The molecule has 0 aliphatic rings. The van der Waals surface area contributed by atoms with Gasteiger partial charge >= 0.3 is 12.4 Å². The van der Waals surface area contributed by atoms with Crippen molar-refractivity contribution in [2.24, 2.45) is 0 Å². The molecule has 10 heteroatoms. The molecule has 0 aliphatic heterocycles. The highest BCUT2D eigenvalue weighted by Crippen LogP contribution is 2.36. The molecular formula is C21H13F6NO2S. The van der Waals surface area contributed by atoms with E-state index in [1.807, 2.05) is 0 Å². The zero-order chi connectivity index (χ0) is 22.8. The van der Waals surface area contributed by atoms with Crippen LogP contribution in [0.4, 0.5) is 26.3 Å². The summed E-state index contributed by atoms with van der Waals surface area (Å²) in [5.41, 5.74) is -3.44. The second-order valence-corrected chi connectivity index (χ2v) is 7.61. The highest BCUT2D eigenvalue weighted by atomic mass is 32.1. The van der Waals surface area contributed by atoms with E-state index in [1.54, 1.807) is 36.4 Å². The van der Waals surface area contributed by atoms with Gasteiger partial charge in [0.2, 0.25) is 5.78 Å². The summed E-state index contributed by atoms with van der Waals surface area (Å²) < 4.78 is 77.6. The Morgan fingerprint density at radius 2 is 1.35 bits per heavy atom. The fourth-order valence-electron chi connectivity index (χ4n) is 2.68. The number of thiophene rings is 1. The second-order valence-electron chi connectivity index (χ2n) is 6.44. The first-order valence-electron chi connectivity index (χ1n) is 8.71. The van der Waals surface area contributed by atoms with Crippen LogP contribution in [0.1, 0.15) is 41.6 Å². The van der Waals surface area contributed by atoms with E-state index >= 15 is 0 Å². The van der Waals surface area contributed by atoms with Gasteiger partial charge in [-0.2, -0.15) is 26.3 Å². The Balaban J connectivity index is 1.76. The molecule has 0 atom stereocenters. The molecule has 3 aromatic rings. The predicted molar refractivity (Wildman–Crippen MR) is 102 cm³/mol. The highest BCUT2D eigenvalue weighted by Gasteiger charge is 2.37. The van der Waals surface area contributed by atoms with Crippen LogP contribution in [0.25, 0.3) is 0 Å². The topological polar surface area (TPSA) is 46.2 Å². The number of halogens is 6. The molecule has 0 saturated carbocycles. The van der Waals surface area contributed by atoms with E-state index < -0.39 is 35.0 Å². The molecule has 0 unspecified atom stereocenters.